The predicted octanol–water partition coefficient (Wildman–Crippen LogP) is 11.2. The summed E-state index contributed by atoms with van der Waals surface area (Å²) in [5, 5.41) is 4.58. The van der Waals surface area contributed by atoms with Crippen LogP contribution >= 0.6 is 0 Å². The van der Waals surface area contributed by atoms with Gasteiger partial charge in [0.2, 0.25) is 5.71 Å². The smallest absolute Gasteiger partial charge is 0.227 e. The van der Waals surface area contributed by atoms with Crippen molar-refractivity contribution in [3.05, 3.63) is 164 Å². The van der Waals surface area contributed by atoms with Crippen LogP contribution in [0, 0.1) is 0 Å². The van der Waals surface area contributed by atoms with E-state index in [0.717, 1.165) is 44.7 Å². The van der Waals surface area contributed by atoms with Crippen molar-refractivity contribution in [3.8, 4) is 16.8 Å². The largest absolute Gasteiger partial charge is 0.438 e. The van der Waals surface area contributed by atoms with E-state index in [-0.39, 0.29) is 0 Å². The van der Waals surface area contributed by atoms with Crippen LogP contribution in [0.2, 0.25) is 0 Å². The fraction of sp³-hybridized carbons (Fsp3) is 0. The number of hydrogen-bond donors (Lipinski definition) is 0. The molecule has 0 unspecified atom stereocenters. The number of nitrogens with zero attached hydrogens (tertiary/aromatic N) is 3. The minimum Gasteiger partial charge on any atom is -0.438 e. The highest BCUT2D eigenvalue weighted by Crippen LogP contribution is 2.40. The Morgan fingerprint density at radius 1 is 0.489 bits per heavy atom. The van der Waals surface area contributed by atoms with Crippen LogP contribution < -0.4 is 4.90 Å². The number of anilines is 3. The quantitative estimate of drug-likeness (QED) is 0.204. The molecule has 0 aliphatic heterocycles. The first-order valence-electron chi connectivity index (χ1n) is 15.1. The molecule has 0 atom stereocenters. The van der Waals surface area contributed by atoms with Gasteiger partial charge in [-0.1, -0.05) is 84.9 Å². The van der Waals surface area contributed by atoms with E-state index in [1.54, 1.807) is 6.20 Å². The molecule has 0 bridgehead atoms. The van der Waals surface area contributed by atoms with Gasteiger partial charge in [-0.15, -0.1) is 0 Å². The van der Waals surface area contributed by atoms with Gasteiger partial charge in [0.05, 0.1) is 16.7 Å². The zero-order chi connectivity index (χ0) is 29.7. The fourth-order valence-electron chi connectivity index (χ4n) is 6.65. The van der Waals surface area contributed by atoms with E-state index in [9.17, 15) is 0 Å². The van der Waals surface area contributed by atoms with Gasteiger partial charge in [0.1, 0.15) is 5.58 Å². The van der Waals surface area contributed by atoms with Gasteiger partial charge in [0, 0.05) is 50.4 Å². The van der Waals surface area contributed by atoms with Crippen LogP contribution in [0.15, 0.2) is 168 Å². The highest BCUT2D eigenvalue weighted by Gasteiger charge is 2.18. The second-order valence-corrected chi connectivity index (χ2v) is 11.2. The molecule has 0 fully saturated rings. The third kappa shape index (κ3) is 4.11. The van der Waals surface area contributed by atoms with Gasteiger partial charge in [0.25, 0.3) is 0 Å². The van der Waals surface area contributed by atoms with Crippen molar-refractivity contribution in [2.45, 2.75) is 0 Å². The second-order valence-electron chi connectivity index (χ2n) is 11.2. The van der Waals surface area contributed by atoms with Gasteiger partial charge in [0.15, 0.2) is 0 Å². The van der Waals surface area contributed by atoms with E-state index in [1.165, 1.54) is 27.4 Å². The molecule has 0 N–H and O–H groups in total. The van der Waals surface area contributed by atoms with Crippen molar-refractivity contribution in [1.29, 1.82) is 0 Å². The summed E-state index contributed by atoms with van der Waals surface area (Å²) < 4.78 is 8.42. The van der Waals surface area contributed by atoms with Crippen LogP contribution in [-0.4, -0.2) is 9.55 Å². The summed E-state index contributed by atoms with van der Waals surface area (Å²) in [6.07, 6.45) is 1.77. The molecule has 6 aromatic carbocycles. The molecule has 3 heterocycles. The lowest BCUT2D eigenvalue weighted by atomic mass is 10.0. The Labute approximate surface area is 260 Å². The highest BCUT2D eigenvalue weighted by molar-refractivity contribution is 6.10. The molecule has 0 saturated carbocycles. The van der Waals surface area contributed by atoms with Crippen molar-refractivity contribution >= 4 is 60.9 Å². The number of hydrogen-bond acceptors (Lipinski definition) is 3. The van der Waals surface area contributed by atoms with Crippen LogP contribution in [0.3, 0.4) is 0 Å². The lowest BCUT2D eigenvalue weighted by molar-refractivity contribution is 0.654. The molecule has 4 heteroatoms. The summed E-state index contributed by atoms with van der Waals surface area (Å²) in [6.45, 7) is 0. The monoisotopic (exact) mass is 577 g/mol. The Morgan fingerprint density at radius 3 is 1.89 bits per heavy atom. The standard InChI is InChI=1S/C41H27N3O/c1-2-11-29(12-3-1)43(31-24-25-40-36(27-31)35-16-10-26-42-41(35)45-40)30-22-20-28(21-23-30)32-13-4-7-17-37(32)44-38-18-8-5-14-33(38)34-15-6-9-19-39(34)44/h1-27H. The van der Waals surface area contributed by atoms with Crippen LogP contribution in [0.4, 0.5) is 17.1 Å². The number of benzene rings is 6. The van der Waals surface area contributed by atoms with Gasteiger partial charge in [-0.2, -0.15) is 0 Å². The molecule has 0 amide bonds. The maximum absolute atomic E-state index is 6.03. The molecule has 212 valence electrons. The molecule has 9 aromatic rings. The molecule has 9 rings (SSSR count). The van der Waals surface area contributed by atoms with Gasteiger partial charge >= 0.3 is 0 Å². The van der Waals surface area contributed by atoms with Crippen molar-refractivity contribution in [2.24, 2.45) is 0 Å². The van der Waals surface area contributed by atoms with E-state index >= 15 is 0 Å². The molecule has 3 aromatic heterocycles. The Bertz CT molecular complexity index is 2440. The minimum absolute atomic E-state index is 0.655. The summed E-state index contributed by atoms with van der Waals surface area (Å²) in [7, 11) is 0. The van der Waals surface area contributed by atoms with Crippen LogP contribution in [-0.2, 0) is 0 Å². The number of pyridine rings is 1. The van der Waals surface area contributed by atoms with Crippen molar-refractivity contribution in [2.75, 3.05) is 4.90 Å². The summed E-state index contributed by atoms with van der Waals surface area (Å²) in [4.78, 5) is 6.71. The molecule has 0 saturated heterocycles. The maximum atomic E-state index is 6.03. The number of aromatic nitrogens is 2. The van der Waals surface area contributed by atoms with E-state index in [2.05, 4.69) is 160 Å². The molecular weight excluding hydrogens is 550 g/mol. The van der Waals surface area contributed by atoms with E-state index < -0.39 is 0 Å². The summed E-state index contributed by atoms with van der Waals surface area (Å²) in [6, 6.07) is 55.7. The second kappa shape index (κ2) is 10.2. The molecule has 45 heavy (non-hydrogen) atoms. The zero-order valence-corrected chi connectivity index (χ0v) is 24.3. The number of rotatable bonds is 5. The van der Waals surface area contributed by atoms with Gasteiger partial charge < -0.3 is 13.9 Å². The molecule has 0 spiro atoms. The third-order valence-electron chi connectivity index (χ3n) is 8.67. The lowest BCUT2D eigenvalue weighted by Gasteiger charge is -2.26. The SMILES string of the molecule is c1ccc(N(c2ccc(-c3ccccc3-n3c4ccccc4c4ccccc43)cc2)c2ccc3oc4ncccc4c3c2)cc1. The van der Waals surface area contributed by atoms with Crippen molar-refractivity contribution < 1.29 is 4.42 Å². The first-order valence-corrected chi connectivity index (χ1v) is 15.1. The van der Waals surface area contributed by atoms with E-state index in [1.807, 2.05) is 12.1 Å². The van der Waals surface area contributed by atoms with E-state index in [0.29, 0.717) is 5.71 Å². The first kappa shape index (κ1) is 25.4. The number of fused-ring (bicyclic) bond motifs is 6. The Hall–Kier alpha value is -6.13. The molecule has 0 aliphatic carbocycles. The molecule has 0 radical (unpaired) electrons. The average Bonchev–Trinajstić information content (AvgIpc) is 3.65. The van der Waals surface area contributed by atoms with Gasteiger partial charge in [-0.25, -0.2) is 4.98 Å². The van der Waals surface area contributed by atoms with Crippen LogP contribution in [0.5, 0.6) is 0 Å². The predicted molar refractivity (Wildman–Crippen MR) is 186 cm³/mol. The van der Waals surface area contributed by atoms with Crippen molar-refractivity contribution in [3.63, 3.8) is 0 Å². The molecule has 0 aliphatic rings. The highest BCUT2D eigenvalue weighted by atomic mass is 16.3. The Balaban J connectivity index is 1.18. The maximum Gasteiger partial charge on any atom is 0.227 e. The summed E-state index contributed by atoms with van der Waals surface area (Å²) in [5.74, 6) is 0. The lowest BCUT2D eigenvalue weighted by Crippen LogP contribution is -2.09. The minimum atomic E-state index is 0.655. The zero-order valence-electron chi connectivity index (χ0n) is 24.3. The topological polar surface area (TPSA) is 34.2 Å². The van der Waals surface area contributed by atoms with Crippen molar-refractivity contribution in [1.82, 2.24) is 9.55 Å². The van der Waals surface area contributed by atoms with Crippen LogP contribution in [0.25, 0.3) is 60.7 Å². The number of para-hydroxylation sites is 4. The fourth-order valence-corrected chi connectivity index (χ4v) is 6.65. The first-order chi connectivity index (χ1) is 22.3. The average molecular weight is 578 g/mol. The number of furan rings is 1. The van der Waals surface area contributed by atoms with E-state index in [4.69, 9.17) is 4.42 Å². The normalized spacial score (nSPS) is 11.6. The molecule has 4 nitrogen and oxygen atoms in total. The molecular formula is C41H27N3O. The third-order valence-corrected chi connectivity index (χ3v) is 8.67. The van der Waals surface area contributed by atoms with Gasteiger partial charge in [-0.05, 0) is 78.4 Å². The Kier molecular flexibility index (Phi) is 5.78. The summed E-state index contributed by atoms with van der Waals surface area (Å²) >= 11 is 0. The van der Waals surface area contributed by atoms with Gasteiger partial charge in [-0.3, -0.25) is 0 Å². The van der Waals surface area contributed by atoms with Crippen LogP contribution in [0.1, 0.15) is 0 Å². The Morgan fingerprint density at radius 2 is 1.11 bits per heavy atom. The summed E-state index contributed by atoms with van der Waals surface area (Å²) in [5.41, 5.74) is 10.6.